The molecule has 2 heterocycles. The first-order valence-electron chi connectivity index (χ1n) is 10.1. The van der Waals surface area contributed by atoms with Crippen LogP contribution < -0.4 is 4.90 Å². The summed E-state index contributed by atoms with van der Waals surface area (Å²) in [5.41, 5.74) is 3.17. The zero-order valence-electron chi connectivity index (χ0n) is 16.8. The van der Waals surface area contributed by atoms with Crippen LogP contribution >= 0.6 is 0 Å². The van der Waals surface area contributed by atoms with Crippen molar-refractivity contribution in [2.45, 2.75) is 37.6 Å². The fourth-order valence-corrected chi connectivity index (χ4v) is 5.89. The maximum atomic E-state index is 13.4. The van der Waals surface area contributed by atoms with E-state index < -0.39 is 10.0 Å². The van der Waals surface area contributed by atoms with Crippen molar-refractivity contribution < 1.29 is 17.9 Å². The number of nitrogens with zero attached hydrogens (tertiary/aromatic N) is 2. The van der Waals surface area contributed by atoms with Gasteiger partial charge in [-0.15, -0.1) is 0 Å². The fraction of sp³-hybridized carbons (Fsp3) is 0.409. The summed E-state index contributed by atoms with van der Waals surface area (Å²) in [7, 11) is -3.68. The third-order valence-corrected chi connectivity index (χ3v) is 7.69. The number of amides is 1. The number of rotatable bonds is 4. The van der Waals surface area contributed by atoms with Crippen molar-refractivity contribution in [3.8, 4) is 0 Å². The average Bonchev–Trinajstić information content (AvgIpc) is 3.09. The minimum Gasteiger partial charge on any atom is -0.379 e. The number of aryl methyl sites for hydroxylation is 1. The van der Waals surface area contributed by atoms with E-state index in [1.165, 1.54) is 4.31 Å². The van der Waals surface area contributed by atoms with E-state index in [9.17, 15) is 13.2 Å². The summed E-state index contributed by atoms with van der Waals surface area (Å²) in [6, 6.07) is 13.0. The van der Waals surface area contributed by atoms with E-state index in [0.717, 1.165) is 23.2 Å². The Morgan fingerprint density at radius 2 is 1.86 bits per heavy atom. The van der Waals surface area contributed by atoms with Crippen LogP contribution in [0.3, 0.4) is 0 Å². The lowest BCUT2D eigenvalue weighted by molar-refractivity contribution is 0.0730. The van der Waals surface area contributed by atoms with Gasteiger partial charge in [-0.2, -0.15) is 4.31 Å². The van der Waals surface area contributed by atoms with E-state index in [-0.39, 0.29) is 16.8 Å². The van der Waals surface area contributed by atoms with Crippen LogP contribution in [0, 0.1) is 0 Å². The summed E-state index contributed by atoms with van der Waals surface area (Å²) in [6.07, 6.45) is 1.38. The van der Waals surface area contributed by atoms with Crippen molar-refractivity contribution in [3.05, 3.63) is 59.2 Å². The molecule has 7 heteroatoms. The first-order chi connectivity index (χ1) is 13.9. The molecule has 0 aliphatic carbocycles. The van der Waals surface area contributed by atoms with Crippen LogP contribution in [0.2, 0.25) is 0 Å². The van der Waals surface area contributed by atoms with Crippen LogP contribution in [0.25, 0.3) is 0 Å². The predicted octanol–water partition coefficient (Wildman–Crippen LogP) is 2.86. The van der Waals surface area contributed by atoms with Gasteiger partial charge in [0.05, 0.1) is 18.1 Å². The number of para-hydroxylation sites is 1. The van der Waals surface area contributed by atoms with E-state index >= 15 is 0 Å². The molecular formula is C22H26N2O4S. The molecule has 2 aliphatic heterocycles. The number of anilines is 1. The van der Waals surface area contributed by atoms with Gasteiger partial charge in [0.2, 0.25) is 10.0 Å². The maximum Gasteiger partial charge on any atom is 0.258 e. The average molecular weight is 415 g/mol. The molecule has 1 atom stereocenters. The van der Waals surface area contributed by atoms with E-state index in [2.05, 4.69) is 0 Å². The van der Waals surface area contributed by atoms with Crippen molar-refractivity contribution in [2.24, 2.45) is 0 Å². The largest absolute Gasteiger partial charge is 0.379 e. The van der Waals surface area contributed by atoms with Crippen molar-refractivity contribution >= 4 is 21.6 Å². The topological polar surface area (TPSA) is 66.9 Å². The molecule has 0 bridgehead atoms. The third kappa shape index (κ3) is 3.58. The normalized spacial score (nSPS) is 19.9. The molecule has 4 rings (SSSR count). The van der Waals surface area contributed by atoms with Gasteiger partial charge in [-0.3, -0.25) is 4.79 Å². The van der Waals surface area contributed by atoms with E-state index in [1.54, 1.807) is 23.1 Å². The van der Waals surface area contributed by atoms with Gasteiger partial charge in [-0.1, -0.05) is 31.2 Å². The zero-order valence-corrected chi connectivity index (χ0v) is 17.6. The minimum atomic E-state index is -3.68. The van der Waals surface area contributed by atoms with Crippen LogP contribution in [-0.2, 0) is 27.6 Å². The van der Waals surface area contributed by atoms with Crippen LogP contribution in [-0.4, -0.2) is 51.0 Å². The Hall–Kier alpha value is -2.22. The number of hydrogen-bond acceptors (Lipinski definition) is 4. The van der Waals surface area contributed by atoms with E-state index in [0.29, 0.717) is 38.3 Å². The van der Waals surface area contributed by atoms with Gasteiger partial charge in [0, 0.05) is 30.4 Å². The molecule has 2 aromatic rings. The maximum absolute atomic E-state index is 13.4. The van der Waals surface area contributed by atoms with Gasteiger partial charge in [0.1, 0.15) is 0 Å². The quantitative estimate of drug-likeness (QED) is 0.772. The highest BCUT2D eigenvalue weighted by Crippen LogP contribution is 2.34. The van der Waals surface area contributed by atoms with Gasteiger partial charge in [-0.05, 0) is 49.1 Å². The molecular weight excluding hydrogens is 388 g/mol. The molecule has 0 radical (unpaired) electrons. The highest BCUT2D eigenvalue weighted by atomic mass is 32.2. The first kappa shape index (κ1) is 20.1. The number of morpholine rings is 1. The summed E-state index contributed by atoms with van der Waals surface area (Å²) in [5.74, 6) is -0.163. The number of carbonyl (C=O) groups excluding carboxylic acids is 1. The van der Waals surface area contributed by atoms with Gasteiger partial charge in [0.25, 0.3) is 5.91 Å². The number of ether oxygens (including phenoxy) is 1. The first-order valence-corrected chi connectivity index (χ1v) is 11.5. The number of carbonyl (C=O) groups is 1. The van der Waals surface area contributed by atoms with Crippen LogP contribution in [0.15, 0.2) is 47.4 Å². The SMILES string of the molecule is CCc1ccc(C(=O)N2c3ccccc3CC2C)cc1S(=O)(=O)N1CCOCC1. The van der Waals surface area contributed by atoms with Gasteiger partial charge < -0.3 is 9.64 Å². The van der Waals surface area contributed by atoms with Crippen LogP contribution in [0.4, 0.5) is 5.69 Å². The van der Waals surface area contributed by atoms with Gasteiger partial charge in [-0.25, -0.2) is 8.42 Å². The van der Waals surface area contributed by atoms with Crippen LogP contribution in [0.1, 0.15) is 35.3 Å². The Labute approximate surface area is 172 Å². The lowest BCUT2D eigenvalue weighted by Gasteiger charge is -2.27. The zero-order chi connectivity index (χ0) is 20.6. The number of fused-ring (bicyclic) bond motifs is 1. The summed E-state index contributed by atoms with van der Waals surface area (Å²) in [6.45, 7) is 5.39. The monoisotopic (exact) mass is 414 g/mol. The third-order valence-electron chi connectivity index (χ3n) is 5.71. The Kier molecular flexibility index (Phi) is 5.46. The molecule has 2 aliphatic rings. The molecule has 0 N–H and O–H groups in total. The molecule has 6 nitrogen and oxygen atoms in total. The fourth-order valence-electron chi connectivity index (χ4n) is 4.16. The lowest BCUT2D eigenvalue weighted by Crippen LogP contribution is -2.41. The molecule has 1 unspecified atom stereocenters. The standard InChI is InChI=1S/C22H26N2O4S/c1-3-17-8-9-19(15-21(17)29(26,27)23-10-12-28-13-11-23)22(25)24-16(2)14-18-6-4-5-7-20(18)24/h4-9,15-16H,3,10-14H2,1-2H3. The Balaban J connectivity index is 1.73. The second kappa shape index (κ2) is 7.89. The molecule has 1 fully saturated rings. The molecule has 0 spiro atoms. The number of sulfonamides is 1. The molecule has 2 aromatic carbocycles. The summed E-state index contributed by atoms with van der Waals surface area (Å²) >= 11 is 0. The molecule has 1 amide bonds. The summed E-state index contributed by atoms with van der Waals surface area (Å²) in [5, 5.41) is 0. The Morgan fingerprint density at radius 3 is 2.59 bits per heavy atom. The van der Waals surface area contributed by atoms with Crippen molar-refractivity contribution in [2.75, 3.05) is 31.2 Å². The smallest absolute Gasteiger partial charge is 0.258 e. The van der Waals surface area contributed by atoms with Gasteiger partial charge >= 0.3 is 0 Å². The summed E-state index contributed by atoms with van der Waals surface area (Å²) < 4.78 is 33.3. The summed E-state index contributed by atoms with van der Waals surface area (Å²) in [4.78, 5) is 15.4. The molecule has 0 saturated carbocycles. The van der Waals surface area contributed by atoms with E-state index in [4.69, 9.17) is 4.74 Å². The highest BCUT2D eigenvalue weighted by Gasteiger charge is 2.33. The van der Waals surface area contributed by atoms with Crippen LogP contribution in [0.5, 0.6) is 0 Å². The van der Waals surface area contributed by atoms with Gasteiger partial charge in [0.15, 0.2) is 0 Å². The van der Waals surface area contributed by atoms with Crippen molar-refractivity contribution in [1.82, 2.24) is 4.31 Å². The number of benzene rings is 2. The Bertz CT molecular complexity index is 1030. The predicted molar refractivity (Wildman–Crippen MR) is 112 cm³/mol. The molecule has 154 valence electrons. The number of hydrogen-bond donors (Lipinski definition) is 0. The molecule has 0 aromatic heterocycles. The van der Waals surface area contributed by atoms with Crippen molar-refractivity contribution in [3.63, 3.8) is 0 Å². The van der Waals surface area contributed by atoms with Crippen molar-refractivity contribution in [1.29, 1.82) is 0 Å². The minimum absolute atomic E-state index is 0.0325. The Morgan fingerprint density at radius 1 is 1.14 bits per heavy atom. The van der Waals surface area contributed by atoms with E-state index in [1.807, 2.05) is 38.1 Å². The second-order valence-corrected chi connectivity index (χ2v) is 9.46. The molecule has 29 heavy (non-hydrogen) atoms. The lowest BCUT2D eigenvalue weighted by atomic mass is 10.1. The second-order valence-electron chi connectivity index (χ2n) is 7.55. The highest BCUT2D eigenvalue weighted by molar-refractivity contribution is 7.89. The molecule has 1 saturated heterocycles.